The number of carbonyl (C=O) groups excluding carboxylic acids is 1. The standard InChI is InChI=1S/C14H28O5Si/c1-6-9-10-19-20(17-7-2,18-8-3)12-11-16-14(15)13(4)5/h4,6-12H2,1-3,5H3. The number of ether oxygens (including phenoxy) is 1. The summed E-state index contributed by atoms with van der Waals surface area (Å²) in [7, 11) is -2.74. The van der Waals surface area contributed by atoms with Crippen LogP contribution in [0.1, 0.15) is 40.5 Å². The van der Waals surface area contributed by atoms with Gasteiger partial charge >= 0.3 is 14.8 Å². The maximum atomic E-state index is 11.4. The lowest BCUT2D eigenvalue weighted by atomic mass is 10.4. The van der Waals surface area contributed by atoms with Gasteiger partial charge in [0.05, 0.1) is 12.7 Å². The van der Waals surface area contributed by atoms with Crippen molar-refractivity contribution in [3.8, 4) is 0 Å². The molecule has 0 fully saturated rings. The Morgan fingerprint density at radius 3 is 2.10 bits per heavy atom. The van der Waals surface area contributed by atoms with E-state index in [1.807, 2.05) is 13.8 Å². The van der Waals surface area contributed by atoms with Crippen LogP contribution in [0.5, 0.6) is 0 Å². The molecule has 118 valence electrons. The summed E-state index contributed by atoms with van der Waals surface area (Å²) in [4.78, 5) is 11.4. The predicted molar refractivity (Wildman–Crippen MR) is 80.4 cm³/mol. The maximum absolute atomic E-state index is 11.4. The molecule has 0 aromatic carbocycles. The van der Waals surface area contributed by atoms with Gasteiger partial charge in [-0.25, -0.2) is 4.79 Å². The van der Waals surface area contributed by atoms with E-state index in [2.05, 4.69) is 13.5 Å². The van der Waals surface area contributed by atoms with Crippen molar-refractivity contribution in [2.45, 2.75) is 46.6 Å². The van der Waals surface area contributed by atoms with E-state index in [0.717, 1.165) is 12.8 Å². The Bertz CT molecular complexity index is 287. The van der Waals surface area contributed by atoms with E-state index in [0.29, 0.717) is 31.4 Å². The molecular weight excluding hydrogens is 276 g/mol. The van der Waals surface area contributed by atoms with Gasteiger partial charge in [0.25, 0.3) is 0 Å². The van der Waals surface area contributed by atoms with E-state index in [1.165, 1.54) is 0 Å². The highest BCUT2D eigenvalue weighted by molar-refractivity contribution is 6.60. The Labute approximate surface area is 123 Å². The van der Waals surface area contributed by atoms with Crippen LogP contribution in [0, 0.1) is 0 Å². The highest BCUT2D eigenvalue weighted by Gasteiger charge is 2.40. The molecule has 0 N–H and O–H groups in total. The fourth-order valence-electron chi connectivity index (χ4n) is 1.55. The van der Waals surface area contributed by atoms with Gasteiger partial charge in [-0.15, -0.1) is 0 Å². The molecule has 0 aromatic rings. The first-order chi connectivity index (χ1) is 9.51. The smallest absolute Gasteiger partial charge is 0.462 e. The molecule has 0 saturated carbocycles. The molecule has 0 spiro atoms. The van der Waals surface area contributed by atoms with E-state index in [-0.39, 0.29) is 6.61 Å². The minimum Gasteiger partial charge on any atom is -0.462 e. The van der Waals surface area contributed by atoms with Gasteiger partial charge in [-0.2, -0.15) is 0 Å². The number of carbonyl (C=O) groups is 1. The third-order valence-electron chi connectivity index (χ3n) is 2.54. The third-order valence-corrected chi connectivity index (χ3v) is 5.46. The molecule has 0 unspecified atom stereocenters. The fourth-order valence-corrected chi connectivity index (χ4v) is 3.92. The van der Waals surface area contributed by atoms with Crippen molar-refractivity contribution in [3.05, 3.63) is 12.2 Å². The summed E-state index contributed by atoms with van der Waals surface area (Å²) < 4.78 is 22.5. The molecule has 0 saturated heterocycles. The normalized spacial score (nSPS) is 11.4. The first-order valence-corrected chi connectivity index (χ1v) is 9.19. The van der Waals surface area contributed by atoms with Crippen LogP contribution in [-0.4, -0.2) is 41.2 Å². The second kappa shape index (κ2) is 11.0. The van der Waals surface area contributed by atoms with Crippen LogP contribution < -0.4 is 0 Å². The van der Waals surface area contributed by atoms with Crippen molar-refractivity contribution in [3.63, 3.8) is 0 Å². The predicted octanol–water partition coefficient (Wildman–Crippen LogP) is 2.93. The van der Waals surface area contributed by atoms with Gasteiger partial charge in [-0.1, -0.05) is 19.9 Å². The molecule has 0 heterocycles. The highest BCUT2D eigenvalue weighted by atomic mass is 28.4. The van der Waals surface area contributed by atoms with Crippen LogP contribution in [0.3, 0.4) is 0 Å². The van der Waals surface area contributed by atoms with E-state index in [1.54, 1.807) is 6.92 Å². The highest BCUT2D eigenvalue weighted by Crippen LogP contribution is 2.17. The van der Waals surface area contributed by atoms with E-state index in [4.69, 9.17) is 18.0 Å². The molecule has 5 nitrogen and oxygen atoms in total. The van der Waals surface area contributed by atoms with Gasteiger partial charge in [0.2, 0.25) is 0 Å². The largest absolute Gasteiger partial charge is 0.504 e. The van der Waals surface area contributed by atoms with Crippen LogP contribution in [0.2, 0.25) is 6.04 Å². The zero-order valence-electron chi connectivity index (χ0n) is 13.2. The average Bonchev–Trinajstić information content (AvgIpc) is 2.39. The van der Waals surface area contributed by atoms with E-state index < -0.39 is 14.8 Å². The molecule has 0 aliphatic rings. The van der Waals surface area contributed by atoms with E-state index >= 15 is 0 Å². The third kappa shape index (κ3) is 7.79. The summed E-state index contributed by atoms with van der Waals surface area (Å²) in [5.74, 6) is -0.394. The molecule has 0 aromatic heterocycles. The molecule has 0 radical (unpaired) electrons. The topological polar surface area (TPSA) is 54.0 Å². The minimum absolute atomic E-state index is 0.226. The van der Waals surface area contributed by atoms with Crippen LogP contribution >= 0.6 is 0 Å². The first kappa shape index (κ1) is 19.3. The van der Waals surface area contributed by atoms with Crippen molar-refractivity contribution in [1.82, 2.24) is 0 Å². The summed E-state index contributed by atoms with van der Waals surface area (Å²) in [6, 6.07) is 0.470. The molecular formula is C14H28O5Si. The molecule has 0 rings (SSSR count). The Kier molecular flexibility index (Phi) is 10.6. The van der Waals surface area contributed by atoms with Crippen LogP contribution in [0.4, 0.5) is 0 Å². The lowest BCUT2D eigenvalue weighted by molar-refractivity contribution is -0.138. The van der Waals surface area contributed by atoms with Crippen molar-refractivity contribution in [1.29, 1.82) is 0 Å². The fraction of sp³-hybridized carbons (Fsp3) is 0.786. The summed E-state index contributed by atoms with van der Waals surface area (Å²) in [5.41, 5.74) is 0.386. The molecule has 6 heteroatoms. The Balaban J connectivity index is 4.47. The van der Waals surface area contributed by atoms with Gasteiger partial charge in [-0.3, -0.25) is 0 Å². The Hall–Kier alpha value is -0.693. The van der Waals surface area contributed by atoms with Gasteiger partial charge in [0, 0.05) is 25.4 Å². The molecule has 20 heavy (non-hydrogen) atoms. The van der Waals surface area contributed by atoms with Gasteiger partial charge in [0.1, 0.15) is 0 Å². The quantitative estimate of drug-likeness (QED) is 0.240. The second-order valence-electron chi connectivity index (χ2n) is 4.42. The lowest BCUT2D eigenvalue weighted by Crippen LogP contribution is -2.47. The minimum atomic E-state index is -2.74. The van der Waals surface area contributed by atoms with Crippen molar-refractivity contribution >= 4 is 14.8 Å². The van der Waals surface area contributed by atoms with Crippen LogP contribution in [0.25, 0.3) is 0 Å². The number of hydrogen-bond acceptors (Lipinski definition) is 5. The monoisotopic (exact) mass is 304 g/mol. The average molecular weight is 304 g/mol. The molecule has 0 atom stereocenters. The zero-order chi connectivity index (χ0) is 15.4. The number of rotatable bonds is 12. The number of esters is 1. The van der Waals surface area contributed by atoms with Gasteiger partial charge in [-0.05, 0) is 27.2 Å². The second-order valence-corrected chi connectivity index (χ2v) is 7.15. The summed E-state index contributed by atoms with van der Waals surface area (Å²) in [6.07, 6.45) is 2.01. The Morgan fingerprint density at radius 2 is 1.65 bits per heavy atom. The summed E-state index contributed by atoms with van der Waals surface area (Å²) in [6.45, 7) is 13.0. The molecule has 0 bridgehead atoms. The van der Waals surface area contributed by atoms with Gasteiger partial charge < -0.3 is 18.0 Å². The summed E-state index contributed by atoms with van der Waals surface area (Å²) in [5, 5.41) is 0. The van der Waals surface area contributed by atoms with Crippen LogP contribution in [-0.2, 0) is 22.8 Å². The van der Waals surface area contributed by atoms with Crippen molar-refractivity contribution < 1.29 is 22.8 Å². The number of hydrogen-bond donors (Lipinski definition) is 0. The first-order valence-electron chi connectivity index (χ1n) is 7.25. The zero-order valence-corrected chi connectivity index (χ0v) is 14.2. The van der Waals surface area contributed by atoms with Crippen molar-refractivity contribution in [2.24, 2.45) is 0 Å². The summed E-state index contributed by atoms with van der Waals surface area (Å²) >= 11 is 0. The molecule has 0 amide bonds. The lowest BCUT2D eigenvalue weighted by Gasteiger charge is -2.28. The van der Waals surface area contributed by atoms with Gasteiger partial charge in [0.15, 0.2) is 0 Å². The molecule has 0 aliphatic carbocycles. The van der Waals surface area contributed by atoms with Crippen molar-refractivity contribution in [2.75, 3.05) is 26.4 Å². The maximum Gasteiger partial charge on any atom is 0.504 e. The van der Waals surface area contributed by atoms with Crippen LogP contribution in [0.15, 0.2) is 12.2 Å². The van der Waals surface area contributed by atoms with E-state index in [9.17, 15) is 4.79 Å². The molecule has 0 aliphatic heterocycles. The Morgan fingerprint density at radius 1 is 1.05 bits per heavy atom. The SMILES string of the molecule is C=C(C)C(=O)OCC[Si](OCC)(OCC)OCCCC. The number of unbranched alkanes of at least 4 members (excludes halogenated alkanes) is 1.